The van der Waals surface area contributed by atoms with Crippen molar-refractivity contribution in [2.45, 2.75) is 25.7 Å². The highest BCUT2D eigenvalue weighted by molar-refractivity contribution is 6.03. The van der Waals surface area contributed by atoms with Gasteiger partial charge in [-0.3, -0.25) is 19.5 Å². The largest absolute Gasteiger partial charge is 0.347 e. The van der Waals surface area contributed by atoms with Gasteiger partial charge in [0, 0.05) is 31.6 Å². The summed E-state index contributed by atoms with van der Waals surface area (Å²) in [5, 5.41) is 11.9. The second kappa shape index (κ2) is 8.64. The first-order valence-electron chi connectivity index (χ1n) is 9.07. The number of nitrogens with one attached hydrogen (secondary N) is 3. The van der Waals surface area contributed by atoms with Gasteiger partial charge in [0.05, 0.1) is 12.2 Å². The number of halogens is 1. The summed E-state index contributed by atoms with van der Waals surface area (Å²) in [6.45, 7) is 2.51. The van der Waals surface area contributed by atoms with E-state index in [1.54, 1.807) is 23.1 Å². The third kappa shape index (κ3) is 4.73. The van der Waals surface area contributed by atoms with E-state index in [9.17, 15) is 18.8 Å². The fraction of sp³-hybridized carbons (Fsp3) is 0.368. The molecule has 1 saturated heterocycles. The van der Waals surface area contributed by atoms with E-state index in [0.717, 1.165) is 18.5 Å². The zero-order valence-corrected chi connectivity index (χ0v) is 15.5. The van der Waals surface area contributed by atoms with Crippen molar-refractivity contribution < 1.29 is 18.8 Å². The number of carbonyl (C=O) groups is 3. The van der Waals surface area contributed by atoms with E-state index in [-0.39, 0.29) is 35.7 Å². The molecule has 0 bridgehead atoms. The van der Waals surface area contributed by atoms with E-state index >= 15 is 0 Å². The molecule has 0 saturated carbocycles. The van der Waals surface area contributed by atoms with Gasteiger partial charge >= 0.3 is 0 Å². The van der Waals surface area contributed by atoms with Crippen molar-refractivity contribution >= 4 is 23.4 Å². The number of anilines is 1. The second-order valence-corrected chi connectivity index (χ2v) is 6.71. The van der Waals surface area contributed by atoms with Crippen LogP contribution in [0.5, 0.6) is 0 Å². The van der Waals surface area contributed by atoms with Gasteiger partial charge in [-0.25, -0.2) is 4.39 Å². The Kier molecular flexibility index (Phi) is 6.03. The molecule has 3 N–H and O–H groups in total. The first kappa shape index (κ1) is 19.5. The SMILES string of the molecule is CC(=O)NCC(=O)N1CCC(c2cc(C(=O)Nc3ccccc3F)n[nH]2)CC1. The first-order chi connectivity index (χ1) is 13.4. The summed E-state index contributed by atoms with van der Waals surface area (Å²) in [7, 11) is 0. The number of likely N-dealkylation sites (tertiary alicyclic amines) is 1. The van der Waals surface area contributed by atoms with Gasteiger partial charge in [0.15, 0.2) is 5.69 Å². The second-order valence-electron chi connectivity index (χ2n) is 6.71. The quantitative estimate of drug-likeness (QED) is 0.725. The molecule has 1 aliphatic heterocycles. The molecule has 0 aliphatic carbocycles. The Morgan fingerprint density at radius 3 is 2.64 bits per heavy atom. The minimum Gasteiger partial charge on any atom is -0.347 e. The number of H-pyrrole nitrogens is 1. The van der Waals surface area contributed by atoms with Crippen molar-refractivity contribution in [3.8, 4) is 0 Å². The first-order valence-corrected chi connectivity index (χ1v) is 9.07. The summed E-state index contributed by atoms with van der Waals surface area (Å²) in [4.78, 5) is 37.0. The number of para-hydroxylation sites is 1. The number of hydrogen-bond acceptors (Lipinski definition) is 4. The lowest BCUT2D eigenvalue weighted by Crippen LogP contribution is -2.43. The normalized spacial score (nSPS) is 14.6. The van der Waals surface area contributed by atoms with Crippen LogP contribution in [0.3, 0.4) is 0 Å². The van der Waals surface area contributed by atoms with Crippen molar-refractivity contribution in [1.82, 2.24) is 20.4 Å². The van der Waals surface area contributed by atoms with Crippen LogP contribution >= 0.6 is 0 Å². The molecule has 0 spiro atoms. The predicted molar refractivity (Wildman–Crippen MR) is 100 cm³/mol. The lowest BCUT2D eigenvalue weighted by atomic mass is 9.93. The number of nitrogens with zero attached hydrogens (tertiary/aromatic N) is 2. The van der Waals surface area contributed by atoms with Crippen LogP contribution in [0.25, 0.3) is 0 Å². The summed E-state index contributed by atoms with van der Waals surface area (Å²) in [5.41, 5.74) is 1.10. The van der Waals surface area contributed by atoms with Crippen molar-refractivity contribution in [2.75, 3.05) is 25.0 Å². The number of carbonyl (C=O) groups excluding carboxylic acids is 3. The zero-order valence-electron chi connectivity index (χ0n) is 15.5. The molecule has 1 aliphatic rings. The summed E-state index contributed by atoms with van der Waals surface area (Å²) in [6, 6.07) is 7.59. The highest BCUT2D eigenvalue weighted by Gasteiger charge is 2.25. The van der Waals surface area contributed by atoms with Crippen LogP contribution in [-0.4, -0.2) is 52.5 Å². The van der Waals surface area contributed by atoms with Crippen molar-refractivity contribution in [3.63, 3.8) is 0 Å². The monoisotopic (exact) mass is 387 g/mol. The minimum absolute atomic E-state index is 0.00439. The Balaban J connectivity index is 1.55. The Labute approximate surface area is 161 Å². The Hall–Kier alpha value is -3.23. The van der Waals surface area contributed by atoms with Crippen LogP contribution in [0, 0.1) is 5.82 Å². The van der Waals surface area contributed by atoms with Crippen LogP contribution < -0.4 is 10.6 Å². The summed E-state index contributed by atoms with van der Waals surface area (Å²) >= 11 is 0. The molecule has 1 fully saturated rings. The molecule has 1 aromatic carbocycles. The van der Waals surface area contributed by atoms with Gasteiger partial charge in [0.1, 0.15) is 5.82 Å². The molecule has 2 aromatic rings. The lowest BCUT2D eigenvalue weighted by molar-refractivity contribution is -0.133. The van der Waals surface area contributed by atoms with Crippen LogP contribution in [0.2, 0.25) is 0 Å². The van der Waals surface area contributed by atoms with Crippen LogP contribution in [-0.2, 0) is 9.59 Å². The van der Waals surface area contributed by atoms with E-state index in [4.69, 9.17) is 0 Å². The lowest BCUT2D eigenvalue weighted by Gasteiger charge is -2.31. The van der Waals surface area contributed by atoms with Crippen molar-refractivity contribution in [1.29, 1.82) is 0 Å². The topological polar surface area (TPSA) is 107 Å². The number of aromatic nitrogens is 2. The third-order valence-electron chi connectivity index (χ3n) is 4.73. The van der Waals surface area contributed by atoms with Crippen LogP contribution in [0.4, 0.5) is 10.1 Å². The molecule has 0 atom stereocenters. The van der Waals surface area contributed by atoms with E-state index in [0.29, 0.717) is 13.1 Å². The number of benzene rings is 1. The molecule has 3 amide bonds. The summed E-state index contributed by atoms with van der Waals surface area (Å²) < 4.78 is 13.7. The number of hydrogen-bond donors (Lipinski definition) is 3. The van der Waals surface area contributed by atoms with Gasteiger partial charge in [-0.15, -0.1) is 0 Å². The van der Waals surface area contributed by atoms with Gasteiger partial charge < -0.3 is 15.5 Å². The number of amides is 3. The summed E-state index contributed by atoms with van der Waals surface area (Å²) in [5.74, 6) is -1.20. The van der Waals surface area contributed by atoms with E-state index < -0.39 is 11.7 Å². The molecule has 8 nitrogen and oxygen atoms in total. The molecule has 28 heavy (non-hydrogen) atoms. The molecule has 1 aromatic heterocycles. The molecule has 9 heteroatoms. The van der Waals surface area contributed by atoms with Crippen LogP contribution in [0.1, 0.15) is 41.9 Å². The smallest absolute Gasteiger partial charge is 0.276 e. The Bertz CT molecular complexity index is 874. The Morgan fingerprint density at radius 1 is 1.25 bits per heavy atom. The van der Waals surface area contributed by atoms with Gasteiger partial charge in [0.2, 0.25) is 11.8 Å². The molecule has 0 unspecified atom stereocenters. The average Bonchev–Trinajstić information content (AvgIpc) is 3.18. The highest BCUT2D eigenvalue weighted by Crippen LogP contribution is 2.27. The molecular weight excluding hydrogens is 365 g/mol. The predicted octanol–water partition coefficient (Wildman–Crippen LogP) is 1.64. The molecule has 148 valence electrons. The van der Waals surface area contributed by atoms with Crippen molar-refractivity contribution in [3.05, 3.63) is 47.5 Å². The van der Waals surface area contributed by atoms with E-state index in [1.807, 2.05) is 0 Å². The average molecular weight is 387 g/mol. The van der Waals surface area contributed by atoms with Gasteiger partial charge in [0.25, 0.3) is 5.91 Å². The fourth-order valence-electron chi connectivity index (χ4n) is 3.16. The third-order valence-corrected chi connectivity index (χ3v) is 4.73. The molecule has 3 rings (SSSR count). The van der Waals surface area contributed by atoms with E-state index in [2.05, 4.69) is 20.8 Å². The fourth-order valence-corrected chi connectivity index (χ4v) is 3.16. The van der Waals surface area contributed by atoms with Crippen molar-refractivity contribution in [2.24, 2.45) is 0 Å². The zero-order chi connectivity index (χ0) is 20.1. The molecule has 2 heterocycles. The van der Waals surface area contributed by atoms with Gasteiger partial charge in [-0.05, 0) is 31.0 Å². The highest BCUT2D eigenvalue weighted by atomic mass is 19.1. The maximum atomic E-state index is 13.7. The molecular formula is C19H22FN5O3. The Morgan fingerprint density at radius 2 is 1.96 bits per heavy atom. The maximum absolute atomic E-state index is 13.7. The van der Waals surface area contributed by atoms with Gasteiger partial charge in [-0.2, -0.15) is 5.10 Å². The van der Waals surface area contributed by atoms with Gasteiger partial charge in [-0.1, -0.05) is 12.1 Å². The summed E-state index contributed by atoms with van der Waals surface area (Å²) in [6.07, 6.45) is 1.45. The van der Waals surface area contributed by atoms with Crippen LogP contribution in [0.15, 0.2) is 30.3 Å². The molecule has 0 radical (unpaired) electrons. The number of aromatic amines is 1. The maximum Gasteiger partial charge on any atom is 0.276 e. The number of rotatable bonds is 5. The number of piperidine rings is 1. The standard InChI is InChI=1S/C19H22FN5O3/c1-12(26)21-11-18(27)25-8-6-13(7-9-25)16-10-17(24-23-16)19(28)22-15-5-3-2-4-14(15)20/h2-5,10,13H,6-9,11H2,1H3,(H,21,26)(H,22,28)(H,23,24). The minimum atomic E-state index is -0.511. The van der Waals surface area contributed by atoms with E-state index in [1.165, 1.54) is 19.1 Å².